The number of primary amides is 1. The van der Waals surface area contributed by atoms with E-state index in [9.17, 15) is 23.3 Å². The molecule has 0 atom stereocenters. The van der Waals surface area contributed by atoms with E-state index in [1.54, 1.807) is 4.90 Å². The summed E-state index contributed by atoms with van der Waals surface area (Å²) in [5.41, 5.74) is 5.38. The highest BCUT2D eigenvalue weighted by molar-refractivity contribution is 7.90. The van der Waals surface area contributed by atoms with Gasteiger partial charge in [0.25, 0.3) is 5.69 Å². The van der Waals surface area contributed by atoms with Crippen LogP contribution >= 0.6 is 0 Å². The number of nitrogens with zero attached hydrogens (tertiary/aromatic N) is 2. The number of carbonyl (C=O) groups excluding carboxylic acids is 1. The number of piperidine rings is 1. The van der Waals surface area contributed by atoms with Gasteiger partial charge in [-0.3, -0.25) is 14.9 Å². The number of hydrogen-bond acceptors (Lipinski definition) is 6. The summed E-state index contributed by atoms with van der Waals surface area (Å²) >= 11 is 0. The predicted octanol–water partition coefficient (Wildman–Crippen LogP) is 0.700. The number of carbonyl (C=O) groups is 1. The summed E-state index contributed by atoms with van der Waals surface area (Å²) in [5, 5.41) is 11.2. The fourth-order valence-corrected chi connectivity index (χ4v) is 3.19. The molecule has 1 aliphatic heterocycles. The Morgan fingerprint density at radius 2 is 1.95 bits per heavy atom. The van der Waals surface area contributed by atoms with Gasteiger partial charge in [-0.15, -0.1) is 0 Å². The van der Waals surface area contributed by atoms with E-state index in [0.717, 1.165) is 12.3 Å². The van der Waals surface area contributed by atoms with Crippen molar-refractivity contribution in [3.63, 3.8) is 0 Å². The van der Waals surface area contributed by atoms with Gasteiger partial charge in [0.1, 0.15) is 5.69 Å². The Bertz CT molecular complexity index is 708. The topological polar surface area (TPSA) is 124 Å². The summed E-state index contributed by atoms with van der Waals surface area (Å²) in [6, 6.07) is 3.88. The van der Waals surface area contributed by atoms with E-state index in [2.05, 4.69) is 0 Å². The van der Waals surface area contributed by atoms with Gasteiger partial charge < -0.3 is 10.6 Å². The van der Waals surface area contributed by atoms with Gasteiger partial charge in [-0.2, -0.15) is 0 Å². The van der Waals surface area contributed by atoms with Crippen LogP contribution in [0.3, 0.4) is 0 Å². The third-order valence-corrected chi connectivity index (χ3v) is 4.92. The number of amides is 1. The molecule has 1 saturated heterocycles. The molecule has 1 aliphatic rings. The molecule has 0 radical (unpaired) electrons. The first-order valence-electron chi connectivity index (χ1n) is 6.73. The molecule has 1 fully saturated rings. The van der Waals surface area contributed by atoms with Crippen LogP contribution in [0.25, 0.3) is 0 Å². The number of anilines is 1. The van der Waals surface area contributed by atoms with Crippen LogP contribution in [0.5, 0.6) is 0 Å². The second-order valence-corrected chi connectivity index (χ2v) is 7.36. The monoisotopic (exact) mass is 327 g/mol. The molecule has 0 bridgehead atoms. The first-order chi connectivity index (χ1) is 10.2. The van der Waals surface area contributed by atoms with Crippen LogP contribution in [0.15, 0.2) is 23.1 Å². The van der Waals surface area contributed by atoms with E-state index in [0.29, 0.717) is 31.6 Å². The van der Waals surface area contributed by atoms with E-state index >= 15 is 0 Å². The lowest BCUT2D eigenvalue weighted by atomic mass is 9.96. The lowest BCUT2D eigenvalue weighted by Gasteiger charge is -2.32. The first kappa shape index (κ1) is 16.2. The summed E-state index contributed by atoms with van der Waals surface area (Å²) < 4.78 is 23.1. The van der Waals surface area contributed by atoms with Crippen molar-refractivity contribution >= 4 is 27.1 Å². The zero-order chi connectivity index (χ0) is 16.5. The molecule has 0 unspecified atom stereocenters. The van der Waals surface area contributed by atoms with Gasteiger partial charge in [0, 0.05) is 31.3 Å². The third-order valence-electron chi connectivity index (χ3n) is 3.81. The highest BCUT2D eigenvalue weighted by atomic mass is 32.2. The maximum Gasteiger partial charge on any atom is 0.293 e. The Morgan fingerprint density at radius 3 is 2.41 bits per heavy atom. The van der Waals surface area contributed by atoms with Crippen LogP contribution in [-0.4, -0.2) is 38.6 Å². The molecular formula is C13H17N3O5S. The maximum atomic E-state index is 11.5. The summed E-state index contributed by atoms with van der Waals surface area (Å²) in [6.07, 6.45) is 2.06. The molecule has 0 aliphatic carbocycles. The lowest BCUT2D eigenvalue weighted by molar-refractivity contribution is -0.384. The first-order valence-corrected chi connectivity index (χ1v) is 8.62. The molecule has 22 heavy (non-hydrogen) atoms. The van der Waals surface area contributed by atoms with Crippen LogP contribution in [0.4, 0.5) is 11.4 Å². The summed E-state index contributed by atoms with van der Waals surface area (Å²) in [6.45, 7) is 0.930. The maximum absolute atomic E-state index is 11.5. The second kappa shape index (κ2) is 5.91. The number of nitrogens with two attached hydrogens (primary N) is 1. The fourth-order valence-electron chi connectivity index (χ4n) is 2.55. The fraction of sp³-hybridized carbons (Fsp3) is 0.462. The van der Waals surface area contributed by atoms with Crippen molar-refractivity contribution in [3.05, 3.63) is 28.3 Å². The molecule has 120 valence electrons. The van der Waals surface area contributed by atoms with Crippen molar-refractivity contribution in [2.75, 3.05) is 24.2 Å². The molecule has 1 aromatic rings. The van der Waals surface area contributed by atoms with Gasteiger partial charge in [-0.1, -0.05) is 0 Å². The smallest absolute Gasteiger partial charge is 0.293 e. The molecule has 0 saturated carbocycles. The quantitative estimate of drug-likeness (QED) is 0.641. The molecule has 0 spiro atoms. The molecule has 1 heterocycles. The van der Waals surface area contributed by atoms with Crippen LogP contribution in [0, 0.1) is 16.0 Å². The van der Waals surface area contributed by atoms with Gasteiger partial charge in [-0.05, 0) is 25.0 Å². The van der Waals surface area contributed by atoms with Gasteiger partial charge >= 0.3 is 0 Å². The van der Waals surface area contributed by atoms with E-state index in [1.165, 1.54) is 12.1 Å². The minimum Gasteiger partial charge on any atom is -0.369 e. The van der Waals surface area contributed by atoms with Gasteiger partial charge in [-0.25, -0.2) is 8.42 Å². The molecule has 2 N–H and O–H groups in total. The molecule has 9 heteroatoms. The summed E-state index contributed by atoms with van der Waals surface area (Å²) in [4.78, 5) is 23.5. The van der Waals surface area contributed by atoms with Gasteiger partial charge in [0.15, 0.2) is 9.84 Å². The number of sulfone groups is 1. The van der Waals surface area contributed by atoms with Crippen molar-refractivity contribution in [1.82, 2.24) is 0 Å². The molecule has 0 aromatic heterocycles. The standard InChI is InChI=1S/C13H17N3O5S/c1-22(20,21)10-2-3-11(12(8-10)16(18)19)15-6-4-9(5-7-15)13(14)17/h2-3,8-9H,4-7H2,1H3,(H2,14,17). The van der Waals surface area contributed by atoms with E-state index in [4.69, 9.17) is 5.73 Å². The highest BCUT2D eigenvalue weighted by Crippen LogP contribution is 2.33. The summed E-state index contributed by atoms with van der Waals surface area (Å²) in [7, 11) is -3.51. The molecule has 8 nitrogen and oxygen atoms in total. The zero-order valence-electron chi connectivity index (χ0n) is 12.1. The molecule has 1 amide bonds. The van der Waals surface area contributed by atoms with Crippen molar-refractivity contribution in [2.24, 2.45) is 11.7 Å². The van der Waals surface area contributed by atoms with Crippen LogP contribution in [0.1, 0.15) is 12.8 Å². The average Bonchev–Trinajstić information content (AvgIpc) is 2.45. The normalized spacial score (nSPS) is 16.5. The Hall–Kier alpha value is -2.16. The van der Waals surface area contributed by atoms with E-state index in [-0.39, 0.29) is 22.4 Å². The van der Waals surface area contributed by atoms with Gasteiger partial charge in [0.05, 0.1) is 9.82 Å². The van der Waals surface area contributed by atoms with Crippen molar-refractivity contribution < 1.29 is 18.1 Å². The van der Waals surface area contributed by atoms with Crippen LogP contribution in [0.2, 0.25) is 0 Å². The summed E-state index contributed by atoms with van der Waals surface area (Å²) in [5.74, 6) is -0.577. The number of nitro benzene ring substituents is 1. The largest absolute Gasteiger partial charge is 0.369 e. The predicted molar refractivity (Wildman–Crippen MR) is 80.3 cm³/mol. The Labute approximate surface area is 128 Å². The zero-order valence-corrected chi connectivity index (χ0v) is 12.9. The SMILES string of the molecule is CS(=O)(=O)c1ccc(N2CCC(C(N)=O)CC2)c([N+](=O)[O-])c1. The van der Waals surface area contributed by atoms with Crippen molar-refractivity contribution in [3.8, 4) is 0 Å². The Balaban J connectivity index is 2.32. The number of hydrogen-bond donors (Lipinski definition) is 1. The minimum absolute atomic E-state index is 0.0880. The van der Waals surface area contributed by atoms with E-state index < -0.39 is 14.8 Å². The average molecular weight is 327 g/mol. The van der Waals surface area contributed by atoms with Crippen molar-refractivity contribution in [2.45, 2.75) is 17.7 Å². The number of benzene rings is 1. The second-order valence-electron chi connectivity index (χ2n) is 5.34. The number of nitro groups is 1. The van der Waals surface area contributed by atoms with E-state index in [1.807, 2.05) is 0 Å². The molecular weight excluding hydrogens is 310 g/mol. The third kappa shape index (κ3) is 3.35. The molecule has 1 aromatic carbocycles. The van der Waals surface area contributed by atoms with Crippen LogP contribution in [-0.2, 0) is 14.6 Å². The number of rotatable bonds is 4. The van der Waals surface area contributed by atoms with Crippen LogP contribution < -0.4 is 10.6 Å². The Kier molecular flexibility index (Phi) is 4.36. The van der Waals surface area contributed by atoms with Gasteiger partial charge in [0.2, 0.25) is 5.91 Å². The molecule has 2 rings (SSSR count). The van der Waals surface area contributed by atoms with Crippen molar-refractivity contribution in [1.29, 1.82) is 0 Å². The lowest BCUT2D eigenvalue weighted by Crippen LogP contribution is -2.38. The minimum atomic E-state index is -3.51. The highest BCUT2D eigenvalue weighted by Gasteiger charge is 2.28. The Morgan fingerprint density at radius 1 is 1.36 bits per heavy atom.